The topological polar surface area (TPSA) is 103 Å². The van der Waals surface area contributed by atoms with Gasteiger partial charge in [-0.1, -0.05) is 35.3 Å². The van der Waals surface area contributed by atoms with E-state index >= 15 is 0 Å². The molecule has 1 aromatic heterocycles. The van der Waals surface area contributed by atoms with Crippen LogP contribution in [0.3, 0.4) is 0 Å². The molecule has 1 amide bonds. The van der Waals surface area contributed by atoms with E-state index in [0.29, 0.717) is 22.9 Å². The highest BCUT2D eigenvalue weighted by molar-refractivity contribution is 7.87. The second-order valence-corrected chi connectivity index (χ2v) is 10.4. The van der Waals surface area contributed by atoms with E-state index in [1.54, 1.807) is 66.7 Å². The number of rotatable bonds is 10. The Morgan fingerprint density at radius 1 is 0.974 bits per heavy atom. The van der Waals surface area contributed by atoms with Crippen molar-refractivity contribution in [1.29, 1.82) is 0 Å². The first-order valence-corrected chi connectivity index (χ1v) is 13.8. The number of carbonyl (C=O) groups is 1. The van der Waals surface area contributed by atoms with Gasteiger partial charge in [-0.3, -0.25) is 9.35 Å². The fraction of sp³-hybridized carbons (Fsp3) is 0.148. The molecule has 2 N–H and O–H groups in total. The quantitative estimate of drug-likeness (QED) is 0.202. The number of amides is 1. The number of nitrogens with one attached hydrogen (secondary N) is 1. The van der Waals surface area contributed by atoms with Crippen molar-refractivity contribution in [1.82, 2.24) is 4.90 Å². The summed E-state index contributed by atoms with van der Waals surface area (Å²) in [7, 11) is -4.77. The number of furan rings is 1. The Morgan fingerprint density at radius 2 is 1.71 bits per heavy atom. The molecule has 0 saturated carbocycles. The molecule has 0 radical (unpaired) electrons. The molecule has 4 aromatic rings. The average Bonchev–Trinajstić information content (AvgIpc) is 3.39. The molecule has 1 heterocycles. The zero-order chi connectivity index (χ0) is 27.3. The fourth-order valence-corrected chi connectivity index (χ4v) is 5.22. The van der Waals surface area contributed by atoms with Gasteiger partial charge in [-0.25, -0.2) is 4.31 Å². The molecule has 4 rings (SSSR count). The summed E-state index contributed by atoms with van der Waals surface area (Å²) in [6, 6.07) is 21.2. The molecular formula is C27H25Cl2N3O5S. The summed E-state index contributed by atoms with van der Waals surface area (Å²) >= 11 is 12.6. The molecule has 0 aliphatic carbocycles. The van der Waals surface area contributed by atoms with Crippen molar-refractivity contribution in [3.8, 4) is 0 Å². The van der Waals surface area contributed by atoms with Crippen LogP contribution < -0.4 is 9.62 Å². The SMILES string of the molecule is CCNc1ccc(N(c2ccc(Cl)cc2CN(Cc2ccco2)C(=O)c2ccccc2Cl)S(=O)(=O)O)cc1. The molecule has 198 valence electrons. The molecule has 3 aromatic carbocycles. The molecule has 0 aliphatic rings. The lowest BCUT2D eigenvalue weighted by atomic mass is 10.1. The van der Waals surface area contributed by atoms with Crippen LogP contribution in [0.5, 0.6) is 0 Å². The van der Waals surface area contributed by atoms with E-state index in [-0.39, 0.29) is 35.1 Å². The average molecular weight is 574 g/mol. The van der Waals surface area contributed by atoms with Crippen molar-refractivity contribution in [2.45, 2.75) is 20.0 Å². The van der Waals surface area contributed by atoms with Crippen molar-refractivity contribution in [3.05, 3.63) is 112 Å². The predicted molar refractivity (Wildman–Crippen MR) is 149 cm³/mol. The Hall–Kier alpha value is -3.50. The Morgan fingerprint density at radius 3 is 2.34 bits per heavy atom. The summed E-state index contributed by atoms with van der Waals surface area (Å²) < 4.78 is 41.8. The first-order chi connectivity index (χ1) is 18.2. The van der Waals surface area contributed by atoms with Gasteiger partial charge in [-0.15, -0.1) is 0 Å². The smallest absolute Gasteiger partial charge is 0.364 e. The monoisotopic (exact) mass is 573 g/mol. The fourth-order valence-electron chi connectivity index (χ4n) is 4.00. The second-order valence-electron chi connectivity index (χ2n) is 8.31. The highest BCUT2D eigenvalue weighted by Crippen LogP contribution is 2.35. The first-order valence-electron chi connectivity index (χ1n) is 11.6. The van der Waals surface area contributed by atoms with Crippen molar-refractivity contribution < 1.29 is 22.2 Å². The number of carbonyl (C=O) groups excluding carboxylic acids is 1. The lowest BCUT2D eigenvalue weighted by Crippen LogP contribution is -2.32. The van der Waals surface area contributed by atoms with Crippen LogP contribution in [0.1, 0.15) is 28.6 Å². The van der Waals surface area contributed by atoms with E-state index in [1.807, 2.05) is 6.92 Å². The highest BCUT2D eigenvalue weighted by atomic mass is 35.5. The Labute approximate surface area is 231 Å². The van der Waals surface area contributed by atoms with E-state index in [9.17, 15) is 17.8 Å². The zero-order valence-corrected chi connectivity index (χ0v) is 22.7. The minimum Gasteiger partial charge on any atom is -0.467 e. The number of benzene rings is 3. The summed E-state index contributed by atoms with van der Waals surface area (Å²) in [5.41, 5.74) is 1.77. The van der Waals surface area contributed by atoms with E-state index in [0.717, 1.165) is 9.99 Å². The maximum atomic E-state index is 13.6. The summed E-state index contributed by atoms with van der Waals surface area (Å²) in [6.45, 7) is 2.64. The molecule has 0 bridgehead atoms. The summed E-state index contributed by atoms with van der Waals surface area (Å²) in [5, 5.41) is 3.73. The van der Waals surface area contributed by atoms with Crippen LogP contribution in [0.2, 0.25) is 10.0 Å². The van der Waals surface area contributed by atoms with E-state index < -0.39 is 16.2 Å². The Kier molecular flexibility index (Phi) is 8.63. The van der Waals surface area contributed by atoms with Gasteiger partial charge >= 0.3 is 10.3 Å². The molecule has 0 unspecified atom stereocenters. The maximum absolute atomic E-state index is 13.6. The molecule has 0 saturated heterocycles. The van der Waals surface area contributed by atoms with Gasteiger partial charge in [0.25, 0.3) is 5.91 Å². The van der Waals surface area contributed by atoms with Gasteiger partial charge in [0.2, 0.25) is 0 Å². The predicted octanol–water partition coefficient (Wildman–Crippen LogP) is 6.80. The van der Waals surface area contributed by atoms with Crippen LogP contribution in [-0.4, -0.2) is 30.3 Å². The number of anilines is 3. The normalized spacial score (nSPS) is 11.3. The molecule has 11 heteroatoms. The van der Waals surface area contributed by atoms with Gasteiger partial charge in [-0.2, -0.15) is 8.42 Å². The van der Waals surface area contributed by atoms with Crippen LogP contribution in [0.25, 0.3) is 0 Å². The van der Waals surface area contributed by atoms with Gasteiger partial charge in [0.05, 0.1) is 34.8 Å². The minimum atomic E-state index is -4.77. The van der Waals surface area contributed by atoms with Crippen LogP contribution >= 0.6 is 23.2 Å². The standard InChI is InChI=1S/C27H25Cl2N3O5S/c1-2-30-21-10-12-22(13-11-21)32(38(34,35)36)26-14-9-20(28)16-19(26)17-31(18-23-6-5-15-37-23)27(33)24-7-3-4-8-25(24)29/h3-16,30H,2,17-18H2,1H3,(H,34,35,36). The Balaban J connectivity index is 1.79. The van der Waals surface area contributed by atoms with Crippen molar-refractivity contribution in [2.75, 3.05) is 16.2 Å². The van der Waals surface area contributed by atoms with Crippen LogP contribution in [0, 0.1) is 0 Å². The Bertz CT molecular complexity index is 1510. The largest absolute Gasteiger partial charge is 0.467 e. The molecule has 0 atom stereocenters. The van der Waals surface area contributed by atoms with Gasteiger partial charge in [0.15, 0.2) is 0 Å². The molecular weight excluding hydrogens is 549 g/mol. The van der Waals surface area contributed by atoms with E-state index in [2.05, 4.69) is 5.32 Å². The van der Waals surface area contributed by atoms with Gasteiger partial charge in [0, 0.05) is 23.8 Å². The summed E-state index contributed by atoms with van der Waals surface area (Å²) in [6.07, 6.45) is 1.50. The van der Waals surface area contributed by atoms with Crippen LogP contribution in [0.15, 0.2) is 89.5 Å². The molecule has 8 nitrogen and oxygen atoms in total. The van der Waals surface area contributed by atoms with Crippen molar-refractivity contribution in [3.63, 3.8) is 0 Å². The second kappa shape index (κ2) is 11.9. The molecule has 0 spiro atoms. The van der Waals surface area contributed by atoms with Crippen molar-refractivity contribution >= 4 is 56.5 Å². The van der Waals surface area contributed by atoms with Gasteiger partial charge < -0.3 is 14.6 Å². The minimum absolute atomic E-state index is 0.0673. The number of nitrogens with zero attached hydrogens (tertiary/aromatic N) is 2. The van der Waals surface area contributed by atoms with E-state index in [1.165, 1.54) is 23.3 Å². The summed E-state index contributed by atoms with van der Waals surface area (Å²) in [4.78, 5) is 15.1. The lowest BCUT2D eigenvalue weighted by molar-refractivity contribution is 0.0718. The number of halogens is 2. The first kappa shape index (κ1) is 27.5. The zero-order valence-electron chi connectivity index (χ0n) is 20.3. The third-order valence-electron chi connectivity index (χ3n) is 5.65. The highest BCUT2D eigenvalue weighted by Gasteiger charge is 2.27. The molecule has 0 fully saturated rings. The third-order valence-corrected chi connectivity index (χ3v) is 7.09. The third kappa shape index (κ3) is 6.49. The number of hydrogen-bond donors (Lipinski definition) is 2. The maximum Gasteiger partial charge on any atom is 0.364 e. The van der Waals surface area contributed by atoms with Gasteiger partial charge in [-0.05, 0) is 79.2 Å². The van der Waals surface area contributed by atoms with Crippen molar-refractivity contribution in [2.24, 2.45) is 0 Å². The van der Waals surface area contributed by atoms with E-state index in [4.69, 9.17) is 27.6 Å². The molecule has 0 aliphatic heterocycles. The molecule has 38 heavy (non-hydrogen) atoms. The van der Waals surface area contributed by atoms with Gasteiger partial charge in [0.1, 0.15) is 5.76 Å². The lowest BCUT2D eigenvalue weighted by Gasteiger charge is -2.28. The number of hydrogen-bond acceptors (Lipinski definition) is 5. The van der Waals surface area contributed by atoms with Crippen LogP contribution in [-0.2, 0) is 23.4 Å². The summed E-state index contributed by atoms with van der Waals surface area (Å²) in [5.74, 6) is 0.117. The van der Waals surface area contributed by atoms with Crippen LogP contribution in [0.4, 0.5) is 17.1 Å².